The Kier molecular flexibility index (Phi) is 5.97. The number of aromatic hydroxyl groups is 1. The molecule has 6 nitrogen and oxygen atoms in total. The van der Waals surface area contributed by atoms with Crippen molar-refractivity contribution in [1.82, 2.24) is 5.32 Å². The Hall–Kier alpha value is -1.91. The van der Waals surface area contributed by atoms with Crippen molar-refractivity contribution in [2.24, 2.45) is 0 Å². The second kappa shape index (κ2) is 7.77. The molecule has 0 saturated heterocycles. The van der Waals surface area contributed by atoms with E-state index < -0.39 is 17.6 Å². The summed E-state index contributed by atoms with van der Waals surface area (Å²) in [6.07, 6.45) is 0. The summed E-state index contributed by atoms with van der Waals surface area (Å²) in [5.74, 6) is -2.15. The fourth-order valence-corrected chi connectivity index (χ4v) is 2.70. The lowest BCUT2D eigenvalue weighted by atomic mass is 10.2. The maximum atomic E-state index is 12.2. The van der Waals surface area contributed by atoms with Crippen LogP contribution >= 0.6 is 46.4 Å². The summed E-state index contributed by atoms with van der Waals surface area (Å²) in [4.78, 5) is 23.0. The van der Waals surface area contributed by atoms with Gasteiger partial charge in [0, 0.05) is 15.3 Å². The molecule has 0 saturated carbocycles. The fraction of sp³-hybridized carbons (Fsp3) is 0. The third kappa shape index (κ3) is 4.56. The van der Waals surface area contributed by atoms with E-state index in [-0.39, 0.29) is 16.2 Å². The van der Waals surface area contributed by atoms with E-state index in [0.717, 1.165) is 3.57 Å². The highest BCUT2D eigenvalue weighted by atomic mass is 127. The zero-order valence-corrected chi connectivity index (χ0v) is 15.6. The molecule has 0 unspecified atom stereocenters. The lowest BCUT2D eigenvalue weighted by Gasteiger charge is -2.11. The quantitative estimate of drug-likeness (QED) is 0.400. The number of carboxylic acid groups (broad SMARTS) is 1. The summed E-state index contributed by atoms with van der Waals surface area (Å²) in [6, 6.07) is 8.83. The van der Waals surface area contributed by atoms with Gasteiger partial charge in [0.2, 0.25) is 0 Å². The Morgan fingerprint density at radius 2 is 1.83 bits per heavy atom. The van der Waals surface area contributed by atoms with Crippen molar-refractivity contribution in [3.63, 3.8) is 0 Å². The molecule has 0 spiro atoms. The Labute approximate surface area is 161 Å². The maximum absolute atomic E-state index is 12.2. The number of amides is 1. The fourth-order valence-electron chi connectivity index (χ4n) is 1.79. The van der Waals surface area contributed by atoms with Gasteiger partial charge in [-0.05, 0) is 65.1 Å². The minimum atomic E-state index is -1.25. The summed E-state index contributed by atoms with van der Waals surface area (Å²) >= 11 is 13.1. The molecular weight excluding hydrogens is 467 g/mol. The maximum Gasteiger partial charge on any atom is 0.339 e. The molecule has 0 radical (unpaired) electrons. The number of carbonyl (C=O) groups is 2. The highest BCUT2D eigenvalue weighted by molar-refractivity contribution is 14.1. The second-order valence-corrected chi connectivity index (χ2v) is 6.63. The van der Waals surface area contributed by atoms with Gasteiger partial charge in [-0.25, -0.2) is 4.79 Å². The molecule has 2 aromatic rings. The standard InChI is InChI=1S/C15H10ClIN2O4S/c16-11-4-1-7(17)5-10(11)13(21)19-15(24)18-8-2-3-9(14(22)23)12(20)6-8/h1-6,20H,(H,22,23)(H2,18,19,21,24). The van der Waals surface area contributed by atoms with Gasteiger partial charge in [-0.3, -0.25) is 10.1 Å². The lowest BCUT2D eigenvalue weighted by molar-refractivity contribution is 0.0693. The van der Waals surface area contributed by atoms with E-state index in [9.17, 15) is 14.7 Å². The number of hydrogen-bond acceptors (Lipinski definition) is 4. The van der Waals surface area contributed by atoms with Crippen LogP contribution in [0, 0.1) is 3.57 Å². The number of carboxylic acids is 1. The van der Waals surface area contributed by atoms with Gasteiger partial charge in [0.1, 0.15) is 11.3 Å². The van der Waals surface area contributed by atoms with Crippen LogP contribution in [0.2, 0.25) is 5.02 Å². The molecule has 0 aliphatic heterocycles. The average molecular weight is 477 g/mol. The average Bonchev–Trinajstić information content (AvgIpc) is 2.49. The molecule has 0 aliphatic rings. The Bertz CT molecular complexity index is 844. The van der Waals surface area contributed by atoms with Crippen LogP contribution in [0.4, 0.5) is 5.69 Å². The Morgan fingerprint density at radius 1 is 1.12 bits per heavy atom. The minimum absolute atomic E-state index is 0.0163. The van der Waals surface area contributed by atoms with Crippen molar-refractivity contribution in [2.45, 2.75) is 0 Å². The zero-order chi connectivity index (χ0) is 17.9. The molecule has 0 atom stereocenters. The molecular formula is C15H10ClIN2O4S. The lowest BCUT2D eigenvalue weighted by Crippen LogP contribution is -2.34. The van der Waals surface area contributed by atoms with Crippen molar-refractivity contribution >= 4 is 69.1 Å². The predicted octanol–water partition coefficient (Wildman–Crippen LogP) is 3.48. The van der Waals surface area contributed by atoms with Crippen LogP contribution in [0.15, 0.2) is 36.4 Å². The van der Waals surface area contributed by atoms with Crippen molar-refractivity contribution < 1.29 is 19.8 Å². The highest BCUT2D eigenvalue weighted by Gasteiger charge is 2.14. The van der Waals surface area contributed by atoms with Crippen LogP contribution in [0.5, 0.6) is 5.75 Å². The van der Waals surface area contributed by atoms with Crippen LogP contribution in [0.25, 0.3) is 0 Å². The molecule has 1 amide bonds. The van der Waals surface area contributed by atoms with Gasteiger partial charge in [0.15, 0.2) is 5.11 Å². The molecule has 0 aromatic heterocycles. The largest absolute Gasteiger partial charge is 0.507 e. The molecule has 124 valence electrons. The third-order valence-electron chi connectivity index (χ3n) is 2.89. The summed E-state index contributed by atoms with van der Waals surface area (Å²) in [6.45, 7) is 0. The molecule has 9 heteroatoms. The van der Waals surface area contributed by atoms with Crippen LogP contribution in [-0.2, 0) is 0 Å². The molecule has 2 aromatic carbocycles. The van der Waals surface area contributed by atoms with Gasteiger partial charge in [-0.2, -0.15) is 0 Å². The van der Waals surface area contributed by atoms with Crippen LogP contribution in [0.3, 0.4) is 0 Å². The molecule has 4 N–H and O–H groups in total. The number of rotatable bonds is 3. The van der Waals surface area contributed by atoms with E-state index in [4.69, 9.17) is 28.9 Å². The number of carbonyl (C=O) groups excluding carboxylic acids is 1. The summed E-state index contributed by atoms with van der Waals surface area (Å²) in [5, 5.41) is 23.9. The van der Waals surface area contributed by atoms with Gasteiger partial charge in [0.25, 0.3) is 5.91 Å². The number of anilines is 1. The van der Waals surface area contributed by atoms with Gasteiger partial charge in [-0.1, -0.05) is 11.6 Å². The van der Waals surface area contributed by atoms with E-state index in [2.05, 4.69) is 33.2 Å². The van der Waals surface area contributed by atoms with E-state index in [1.165, 1.54) is 18.2 Å². The number of nitrogens with one attached hydrogen (secondary N) is 2. The van der Waals surface area contributed by atoms with Crippen molar-refractivity contribution in [2.75, 3.05) is 5.32 Å². The number of phenols is 1. The van der Waals surface area contributed by atoms with E-state index >= 15 is 0 Å². The molecule has 0 fully saturated rings. The molecule has 24 heavy (non-hydrogen) atoms. The number of benzene rings is 2. The summed E-state index contributed by atoms with van der Waals surface area (Å²) in [5.41, 5.74) is 0.370. The normalized spacial score (nSPS) is 10.1. The molecule has 0 bridgehead atoms. The zero-order valence-electron chi connectivity index (χ0n) is 11.8. The highest BCUT2D eigenvalue weighted by Crippen LogP contribution is 2.22. The second-order valence-electron chi connectivity index (χ2n) is 4.57. The first-order valence-corrected chi connectivity index (χ1v) is 8.28. The smallest absolute Gasteiger partial charge is 0.339 e. The van der Waals surface area contributed by atoms with Crippen LogP contribution in [-0.4, -0.2) is 27.2 Å². The predicted molar refractivity (Wildman–Crippen MR) is 103 cm³/mol. The van der Waals surface area contributed by atoms with Crippen molar-refractivity contribution in [3.8, 4) is 5.75 Å². The van der Waals surface area contributed by atoms with Crippen molar-refractivity contribution in [3.05, 3.63) is 56.1 Å². The molecule has 0 aliphatic carbocycles. The summed E-state index contributed by atoms with van der Waals surface area (Å²) in [7, 11) is 0. The van der Waals surface area contributed by atoms with Crippen LogP contribution < -0.4 is 10.6 Å². The number of aromatic carboxylic acids is 1. The molecule has 0 heterocycles. The van der Waals surface area contributed by atoms with Crippen LogP contribution in [0.1, 0.15) is 20.7 Å². The first-order chi connectivity index (χ1) is 11.3. The first kappa shape index (κ1) is 18.4. The topological polar surface area (TPSA) is 98.7 Å². The first-order valence-electron chi connectivity index (χ1n) is 6.41. The number of thiocarbonyl (C=S) groups is 1. The Balaban J connectivity index is 2.08. The van der Waals surface area contributed by atoms with Gasteiger partial charge < -0.3 is 15.5 Å². The van der Waals surface area contributed by atoms with Crippen molar-refractivity contribution in [1.29, 1.82) is 0 Å². The van der Waals surface area contributed by atoms with E-state index in [0.29, 0.717) is 10.7 Å². The van der Waals surface area contributed by atoms with E-state index in [1.807, 2.05) is 0 Å². The Morgan fingerprint density at radius 3 is 2.46 bits per heavy atom. The number of hydrogen-bond donors (Lipinski definition) is 4. The molecule has 2 rings (SSSR count). The monoisotopic (exact) mass is 476 g/mol. The van der Waals surface area contributed by atoms with Gasteiger partial charge in [0.05, 0.1) is 10.6 Å². The van der Waals surface area contributed by atoms with Gasteiger partial charge in [-0.15, -0.1) is 0 Å². The third-order valence-corrected chi connectivity index (χ3v) is 4.09. The number of halogens is 2. The SMILES string of the molecule is O=C(O)c1ccc(NC(=S)NC(=O)c2cc(I)ccc2Cl)cc1O. The summed E-state index contributed by atoms with van der Waals surface area (Å²) < 4.78 is 0.843. The van der Waals surface area contributed by atoms with E-state index in [1.54, 1.807) is 18.2 Å². The minimum Gasteiger partial charge on any atom is -0.507 e. The van der Waals surface area contributed by atoms with Gasteiger partial charge >= 0.3 is 5.97 Å².